The van der Waals surface area contributed by atoms with E-state index in [0.29, 0.717) is 11.3 Å². The number of phenolic OH excluding ortho intramolecular Hbond substituents is 2. The summed E-state index contributed by atoms with van der Waals surface area (Å²) in [6, 6.07) is 11.0. The molecule has 0 spiro atoms. The van der Waals surface area contributed by atoms with E-state index < -0.39 is 0 Å². The van der Waals surface area contributed by atoms with Crippen molar-refractivity contribution in [1.29, 1.82) is 0 Å². The number of aliphatic imine (C=N–C) groups is 1. The lowest BCUT2D eigenvalue weighted by Gasteiger charge is -2.26. The van der Waals surface area contributed by atoms with Gasteiger partial charge in [0.1, 0.15) is 17.2 Å². The topological polar surface area (TPSA) is 52.8 Å². The fraction of sp³-hybridized carbons (Fsp3) is 0.381. The van der Waals surface area contributed by atoms with Crippen LogP contribution in [0, 0.1) is 0 Å². The zero-order chi connectivity index (χ0) is 18.1. The Morgan fingerprint density at radius 3 is 2.04 bits per heavy atom. The average Bonchev–Trinajstić information content (AvgIpc) is 2.45. The van der Waals surface area contributed by atoms with Gasteiger partial charge in [0.05, 0.1) is 0 Å². The first-order chi connectivity index (χ1) is 11.0. The third-order valence-corrected chi connectivity index (χ3v) is 4.04. The van der Waals surface area contributed by atoms with E-state index in [4.69, 9.17) is 0 Å². The van der Waals surface area contributed by atoms with Gasteiger partial charge in [-0.15, -0.1) is 0 Å². The molecule has 0 saturated heterocycles. The number of phenols is 2. The van der Waals surface area contributed by atoms with E-state index in [-0.39, 0.29) is 22.3 Å². The molecule has 0 amide bonds. The third-order valence-electron chi connectivity index (χ3n) is 4.04. The molecule has 3 heteroatoms. The van der Waals surface area contributed by atoms with Crippen LogP contribution >= 0.6 is 0 Å². The Balaban J connectivity index is 2.59. The molecule has 0 radical (unpaired) electrons. The number of hydrogen-bond donors (Lipinski definition) is 2. The van der Waals surface area contributed by atoms with Crippen LogP contribution in [-0.2, 0) is 10.8 Å². The molecule has 0 heterocycles. The molecule has 2 aromatic carbocycles. The van der Waals surface area contributed by atoms with Crippen LogP contribution in [0.2, 0.25) is 0 Å². The Bertz CT molecular complexity index is 762. The highest BCUT2D eigenvalue weighted by atomic mass is 16.3. The summed E-state index contributed by atoms with van der Waals surface area (Å²) in [4.78, 5) is 4.45. The third kappa shape index (κ3) is 3.97. The molecule has 3 nitrogen and oxygen atoms in total. The first-order valence-corrected chi connectivity index (χ1v) is 8.20. The normalized spacial score (nSPS) is 12.8. The van der Waals surface area contributed by atoms with E-state index in [9.17, 15) is 10.2 Å². The maximum Gasteiger partial charge on any atom is 0.144 e. The molecule has 0 aliphatic rings. The summed E-state index contributed by atoms with van der Waals surface area (Å²) < 4.78 is 0. The van der Waals surface area contributed by atoms with Crippen molar-refractivity contribution in [2.75, 3.05) is 0 Å². The number of nitrogens with zero attached hydrogens (tertiary/aromatic N) is 1. The molecule has 0 saturated carbocycles. The molecule has 0 aliphatic carbocycles. The molecule has 2 aromatic rings. The second-order valence-electron chi connectivity index (χ2n) is 8.21. The van der Waals surface area contributed by atoms with Crippen LogP contribution in [0.1, 0.15) is 58.2 Å². The van der Waals surface area contributed by atoms with E-state index in [0.717, 1.165) is 11.1 Å². The van der Waals surface area contributed by atoms with Gasteiger partial charge >= 0.3 is 0 Å². The summed E-state index contributed by atoms with van der Waals surface area (Å²) in [5.41, 5.74) is 2.90. The lowest BCUT2D eigenvalue weighted by atomic mass is 9.80. The number of hydrogen-bond acceptors (Lipinski definition) is 3. The van der Waals surface area contributed by atoms with Gasteiger partial charge in [0.15, 0.2) is 0 Å². The van der Waals surface area contributed by atoms with E-state index in [1.807, 2.05) is 12.1 Å². The van der Waals surface area contributed by atoms with Gasteiger partial charge in [-0.05, 0) is 34.6 Å². The van der Waals surface area contributed by atoms with Crippen molar-refractivity contribution in [3.63, 3.8) is 0 Å². The highest BCUT2D eigenvalue weighted by Crippen LogP contribution is 2.41. The Hall–Kier alpha value is -2.29. The maximum atomic E-state index is 10.7. The second kappa shape index (κ2) is 6.31. The molecular weight excluding hydrogens is 298 g/mol. The van der Waals surface area contributed by atoms with Crippen molar-refractivity contribution in [3.05, 3.63) is 53.1 Å². The molecule has 0 atom stereocenters. The van der Waals surface area contributed by atoms with Crippen LogP contribution in [0.5, 0.6) is 11.5 Å². The molecule has 0 fully saturated rings. The molecule has 24 heavy (non-hydrogen) atoms. The Morgan fingerprint density at radius 1 is 0.875 bits per heavy atom. The van der Waals surface area contributed by atoms with Crippen LogP contribution in [0.15, 0.2) is 41.4 Å². The molecule has 128 valence electrons. The summed E-state index contributed by atoms with van der Waals surface area (Å²) in [5.74, 6) is 0.367. The van der Waals surface area contributed by atoms with E-state index in [2.05, 4.69) is 52.6 Å². The van der Waals surface area contributed by atoms with Crippen molar-refractivity contribution in [1.82, 2.24) is 0 Å². The van der Waals surface area contributed by atoms with Gasteiger partial charge in [-0.25, -0.2) is 0 Å². The van der Waals surface area contributed by atoms with Crippen LogP contribution in [0.25, 0.3) is 0 Å². The first-order valence-electron chi connectivity index (χ1n) is 8.20. The zero-order valence-corrected chi connectivity index (χ0v) is 15.4. The average molecular weight is 325 g/mol. The van der Waals surface area contributed by atoms with Crippen molar-refractivity contribution < 1.29 is 10.2 Å². The SMILES string of the molecule is CC(C)(C)c1cc(/N=C/c2ccccc2O)c(O)c(C(C)(C)C)c1. The summed E-state index contributed by atoms with van der Waals surface area (Å²) in [6.45, 7) is 12.6. The number of benzene rings is 2. The summed E-state index contributed by atoms with van der Waals surface area (Å²) >= 11 is 0. The Kier molecular flexibility index (Phi) is 4.75. The second-order valence-corrected chi connectivity index (χ2v) is 8.21. The van der Waals surface area contributed by atoms with Gasteiger partial charge in [-0.3, -0.25) is 4.99 Å². The van der Waals surface area contributed by atoms with Crippen molar-refractivity contribution in [2.24, 2.45) is 4.99 Å². The van der Waals surface area contributed by atoms with Gasteiger partial charge in [-0.2, -0.15) is 0 Å². The summed E-state index contributed by atoms with van der Waals surface area (Å²) in [7, 11) is 0. The zero-order valence-electron chi connectivity index (χ0n) is 15.4. The predicted molar refractivity (Wildman–Crippen MR) is 101 cm³/mol. The highest BCUT2D eigenvalue weighted by molar-refractivity contribution is 5.86. The van der Waals surface area contributed by atoms with E-state index >= 15 is 0 Å². The van der Waals surface area contributed by atoms with Crippen LogP contribution in [0.3, 0.4) is 0 Å². The van der Waals surface area contributed by atoms with Crippen molar-refractivity contribution >= 4 is 11.9 Å². The fourth-order valence-electron chi connectivity index (χ4n) is 2.46. The lowest BCUT2D eigenvalue weighted by molar-refractivity contribution is 0.446. The monoisotopic (exact) mass is 325 g/mol. The van der Waals surface area contributed by atoms with Crippen molar-refractivity contribution in [2.45, 2.75) is 52.4 Å². The Labute approximate surface area is 144 Å². The number of rotatable bonds is 2. The van der Waals surface area contributed by atoms with Crippen LogP contribution in [-0.4, -0.2) is 16.4 Å². The lowest BCUT2D eigenvalue weighted by Crippen LogP contribution is -2.16. The minimum Gasteiger partial charge on any atom is -0.507 e. The molecular formula is C21H27NO2. The molecule has 0 unspecified atom stereocenters. The summed E-state index contributed by atoms with van der Waals surface area (Å²) in [6.07, 6.45) is 1.59. The van der Waals surface area contributed by atoms with Crippen LogP contribution in [0.4, 0.5) is 5.69 Å². The molecule has 0 aliphatic heterocycles. The number of para-hydroxylation sites is 1. The smallest absolute Gasteiger partial charge is 0.144 e. The van der Waals surface area contributed by atoms with Crippen molar-refractivity contribution in [3.8, 4) is 11.5 Å². The molecule has 0 bridgehead atoms. The predicted octanol–water partition coefficient (Wildman–Crippen LogP) is 5.44. The standard InChI is InChI=1S/C21H27NO2/c1-20(2,3)15-11-16(21(4,5)6)19(24)17(12-15)22-13-14-9-7-8-10-18(14)23/h7-13,23-24H,1-6H3/b22-13+. The summed E-state index contributed by atoms with van der Waals surface area (Å²) in [5, 5.41) is 20.6. The van der Waals surface area contributed by atoms with E-state index in [1.54, 1.807) is 24.4 Å². The first kappa shape index (κ1) is 18.1. The fourth-order valence-corrected chi connectivity index (χ4v) is 2.46. The van der Waals surface area contributed by atoms with Crippen LogP contribution < -0.4 is 0 Å². The maximum absolute atomic E-state index is 10.7. The highest BCUT2D eigenvalue weighted by Gasteiger charge is 2.24. The van der Waals surface area contributed by atoms with Gasteiger partial charge in [0, 0.05) is 17.3 Å². The van der Waals surface area contributed by atoms with Gasteiger partial charge < -0.3 is 10.2 Å². The molecule has 0 aromatic heterocycles. The van der Waals surface area contributed by atoms with Gasteiger partial charge in [-0.1, -0.05) is 59.7 Å². The largest absolute Gasteiger partial charge is 0.507 e. The minimum absolute atomic E-state index is 0.0488. The van der Waals surface area contributed by atoms with Gasteiger partial charge in [0.25, 0.3) is 0 Å². The van der Waals surface area contributed by atoms with Gasteiger partial charge in [0.2, 0.25) is 0 Å². The molecule has 2 N–H and O–H groups in total. The van der Waals surface area contributed by atoms with E-state index in [1.165, 1.54) is 0 Å². The molecule has 2 rings (SSSR count). The minimum atomic E-state index is -0.190. The number of aromatic hydroxyl groups is 2. The quantitative estimate of drug-likeness (QED) is 0.722. The Morgan fingerprint density at radius 2 is 1.50 bits per heavy atom.